The van der Waals surface area contributed by atoms with Gasteiger partial charge in [-0.2, -0.15) is 5.10 Å². The molecule has 8 heteroatoms. The molecule has 0 spiro atoms. The molecule has 0 bridgehead atoms. The van der Waals surface area contributed by atoms with Crippen LogP contribution >= 0.6 is 0 Å². The first-order chi connectivity index (χ1) is 17.6. The van der Waals surface area contributed by atoms with Crippen molar-refractivity contribution in [3.8, 4) is 11.3 Å². The van der Waals surface area contributed by atoms with Crippen LogP contribution in [0.4, 0.5) is 11.5 Å². The zero-order chi connectivity index (χ0) is 24.6. The maximum atomic E-state index is 12.2. The van der Waals surface area contributed by atoms with Gasteiger partial charge in [0.25, 0.3) is 0 Å². The quantitative estimate of drug-likeness (QED) is 0.435. The Kier molecular flexibility index (Phi) is 5.64. The minimum absolute atomic E-state index is 0.0164. The Hall–Kier alpha value is -4.20. The number of piperidine rings is 1. The first-order valence-corrected chi connectivity index (χ1v) is 12.4. The van der Waals surface area contributed by atoms with Gasteiger partial charge in [-0.05, 0) is 42.5 Å². The van der Waals surface area contributed by atoms with Gasteiger partial charge < -0.3 is 15.5 Å². The Bertz CT molecular complexity index is 1440. The maximum absolute atomic E-state index is 12.2. The number of benzene rings is 2. The summed E-state index contributed by atoms with van der Waals surface area (Å²) in [5.41, 5.74) is 12.8. The number of anilines is 2. The van der Waals surface area contributed by atoms with Gasteiger partial charge in [0.2, 0.25) is 5.91 Å². The molecule has 2 N–H and O–H groups in total. The van der Waals surface area contributed by atoms with Crippen molar-refractivity contribution in [2.24, 2.45) is 0 Å². The molecule has 1 unspecified atom stereocenters. The van der Waals surface area contributed by atoms with E-state index < -0.39 is 0 Å². The Labute approximate surface area is 210 Å². The number of carbonyl (C=O) groups excluding carboxylic acids is 1. The third-order valence-corrected chi connectivity index (χ3v) is 7.33. The zero-order valence-corrected chi connectivity index (χ0v) is 20.2. The van der Waals surface area contributed by atoms with Crippen LogP contribution in [0.1, 0.15) is 30.0 Å². The van der Waals surface area contributed by atoms with E-state index >= 15 is 0 Å². The smallest absolute Gasteiger partial charge is 0.246 e. The van der Waals surface area contributed by atoms with Gasteiger partial charge in [-0.1, -0.05) is 49.0 Å². The number of rotatable bonds is 5. The predicted octanol–water partition coefficient (Wildman–Crippen LogP) is 3.99. The number of aromatic nitrogens is 4. The molecule has 1 saturated heterocycles. The van der Waals surface area contributed by atoms with Gasteiger partial charge in [-0.25, -0.2) is 14.6 Å². The molecule has 2 aromatic heterocycles. The summed E-state index contributed by atoms with van der Waals surface area (Å²) >= 11 is 0. The van der Waals surface area contributed by atoms with Crippen LogP contribution in [0.15, 0.2) is 67.5 Å². The van der Waals surface area contributed by atoms with Crippen molar-refractivity contribution in [1.82, 2.24) is 24.6 Å². The van der Waals surface area contributed by atoms with Gasteiger partial charge >= 0.3 is 0 Å². The fraction of sp³-hybridized carbons (Fsp3) is 0.286. The highest BCUT2D eigenvalue weighted by molar-refractivity contribution is 5.98. The summed E-state index contributed by atoms with van der Waals surface area (Å²) in [5.74, 6) is 0.357. The summed E-state index contributed by atoms with van der Waals surface area (Å²) in [4.78, 5) is 25.3. The van der Waals surface area contributed by atoms with Crippen molar-refractivity contribution < 1.29 is 4.79 Å². The monoisotopic (exact) mass is 479 g/mol. The van der Waals surface area contributed by atoms with Gasteiger partial charge in [0.15, 0.2) is 5.65 Å². The number of likely N-dealkylation sites (tertiary alicyclic amines) is 1. The number of nitrogens with two attached hydrogens (primary N) is 1. The molecule has 2 aromatic carbocycles. The van der Waals surface area contributed by atoms with Crippen molar-refractivity contribution in [2.45, 2.75) is 31.8 Å². The lowest BCUT2D eigenvalue weighted by Gasteiger charge is -2.32. The number of fused-ring (bicyclic) bond motifs is 2. The molecule has 1 fully saturated rings. The average molecular weight is 480 g/mol. The lowest BCUT2D eigenvalue weighted by Crippen LogP contribution is -2.40. The third kappa shape index (κ3) is 3.88. The molecule has 36 heavy (non-hydrogen) atoms. The van der Waals surface area contributed by atoms with Crippen LogP contribution in [-0.2, 0) is 17.8 Å². The van der Waals surface area contributed by atoms with E-state index in [1.807, 2.05) is 9.58 Å². The Morgan fingerprint density at radius 3 is 2.78 bits per heavy atom. The molecule has 2 aliphatic rings. The molecule has 182 valence electrons. The Morgan fingerprint density at radius 2 is 1.94 bits per heavy atom. The van der Waals surface area contributed by atoms with Crippen LogP contribution in [0, 0.1) is 0 Å². The number of para-hydroxylation sites is 1. The van der Waals surface area contributed by atoms with E-state index in [2.05, 4.69) is 70.0 Å². The highest BCUT2D eigenvalue weighted by atomic mass is 16.2. The van der Waals surface area contributed by atoms with Gasteiger partial charge in [0.1, 0.15) is 17.8 Å². The third-order valence-electron chi connectivity index (χ3n) is 7.33. The SMILES string of the molecule is C=CC(=O)N1CCCC(n2nc(-c3ccc(CN4CCc5ccccc54)cc3)c3c(N)ncnc32)C1. The molecule has 2 aliphatic heterocycles. The van der Waals surface area contributed by atoms with Crippen LogP contribution in [0.5, 0.6) is 0 Å². The van der Waals surface area contributed by atoms with Crippen LogP contribution in [0.3, 0.4) is 0 Å². The molecule has 4 heterocycles. The summed E-state index contributed by atoms with van der Waals surface area (Å²) in [5, 5.41) is 5.74. The molecule has 6 rings (SSSR count). The molecule has 0 aliphatic carbocycles. The number of hydrogen-bond donors (Lipinski definition) is 1. The molecule has 4 aromatic rings. The second kappa shape index (κ2) is 9.11. The average Bonchev–Trinajstić information content (AvgIpc) is 3.51. The fourth-order valence-corrected chi connectivity index (χ4v) is 5.49. The lowest BCUT2D eigenvalue weighted by molar-refractivity contribution is -0.127. The molecule has 1 atom stereocenters. The topological polar surface area (TPSA) is 93.2 Å². The molecular weight excluding hydrogens is 450 g/mol. The highest BCUT2D eigenvalue weighted by Gasteiger charge is 2.28. The summed E-state index contributed by atoms with van der Waals surface area (Å²) in [6, 6.07) is 17.2. The number of nitrogens with zero attached hydrogens (tertiary/aromatic N) is 6. The summed E-state index contributed by atoms with van der Waals surface area (Å²) in [6.45, 7) is 6.84. The van der Waals surface area contributed by atoms with Crippen LogP contribution in [0.2, 0.25) is 0 Å². The van der Waals surface area contributed by atoms with Gasteiger partial charge in [0.05, 0.1) is 11.4 Å². The Morgan fingerprint density at radius 1 is 1.11 bits per heavy atom. The molecular formula is C28H29N7O. The van der Waals surface area contributed by atoms with Crippen molar-refractivity contribution in [2.75, 3.05) is 30.3 Å². The second-order valence-electron chi connectivity index (χ2n) is 9.53. The van der Waals surface area contributed by atoms with E-state index in [4.69, 9.17) is 10.8 Å². The number of carbonyl (C=O) groups is 1. The largest absolute Gasteiger partial charge is 0.383 e. The van der Waals surface area contributed by atoms with E-state index in [-0.39, 0.29) is 11.9 Å². The zero-order valence-electron chi connectivity index (χ0n) is 20.2. The van der Waals surface area contributed by atoms with E-state index in [0.29, 0.717) is 18.0 Å². The van der Waals surface area contributed by atoms with Crippen LogP contribution in [0.25, 0.3) is 22.3 Å². The molecule has 1 amide bonds. The maximum Gasteiger partial charge on any atom is 0.246 e. The predicted molar refractivity (Wildman–Crippen MR) is 141 cm³/mol. The van der Waals surface area contributed by atoms with Gasteiger partial charge in [0, 0.05) is 37.4 Å². The van der Waals surface area contributed by atoms with E-state index in [1.54, 1.807) is 0 Å². The molecule has 0 saturated carbocycles. The first-order valence-electron chi connectivity index (χ1n) is 12.4. The number of nitrogen functional groups attached to an aromatic ring is 1. The van der Waals surface area contributed by atoms with Crippen molar-refractivity contribution >= 4 is 28.4 Å². The van der Waals surface area contributed by atoms with Crippen molar-refractivity contribution in [3.05, 3.63) is 78.6 Å². The summed E-state index contributed by atoms with van der Waals surface area (Å²) < 4.78 is 1.93. The van der Waals surface area contributed by atoms with Crippen molar-refractivity contribution in [3.63, 3.8) is 0 Å². The standard InChI is InChI=1S/C28H29N7O/c1-2-24(36)34-14-5-7-22(17-34)35-28-25(27(29)30-18-31-28)26(32-35)21-11-9-19(10-12-21)16-33-15-13-20-6-3-4-8-23(20)33/h2-4,6,8-12,18,22H,1,5,7,13-17H2,(H2,29,30,31). The first kappa shape index (κ1) is 22.3. The normalized spacial score (nSPS) is 17.4. The fourth-order valence-electron chi connectivity index (χ4n) is 5.49. The van der Waals surface area contributed by atoms with E-state index in [9.17, 15) is 4.79 Å². The second-order valence-corrected chi connectivity index (χ2v) is 9.53. The van der Waals surface area contributed by atoms with Crippen LogP contribution < -0.4 is 10.6 Å². The minimum atomic E-state index is -0.0539. The minimum Gasteiger partial charge on any atom is -0.383 e. The number of hydrogen-bond acceptors (Lipinski definition) is 6. The van der Waals surface area contributed by atoms with E-state index in [1.165, 1.54) is 29.2 Å². The van der Waals surface area contributed by atoms with E-state index in [0.717, 1.165) is 55.5 Å². The number of amides is 1. The van der Waals surface area contributed by atoms with Gasteiger partial charge in [-0.3, -0.25) is 4.79 Å². The molecule has 0 radical (unpaired) electrons. The Balaban J connectivity index is 1.31. The summed E-state index contributed by atoms with van der Waals surface area (Å²) in [6.07, 6.45) is 5.75. The lowest BCUT2D eigenvalue weighted by atomic mass is 10.1. The molecule has 8 nitrogen and oxygen atoms in total. The van der Waals surface area contributed by atoms with Crippen LogP contribution in [-0.4, -0.2) is 50.2 Å². The summed E-state index contributed by atoms with van der Waals surface area (Å²) in [7, 11) is 0. The van der Waals surface area contributed by atoms with Gasteiger partial charge in [-0.15, -0.1) is 0 Å². The highest BCUT2D eigenvalue weighted by Crippen LogP contribution is 2.34. The van der Waals surface area contributed by atoms with Crippen molar-refractivity contribution in [1.29, 1.82) is 0 Å².